The van der Waals surface area contributed by atoms with Crippen molar-refractivity contribution in [3.8, 4) is 0 Å². The molecule has 0 fully saturated rings. The Morgan fingerprint density at radius 3 is 2.24 bits per heavy atom. The number of hydroxylamine groups is 2. The van der Waals surface area contributed by atoms with Crippen molar-refractivity contribution < 1.29 is 33.9 Å². The van der Waals surface area contributed by atoms with Crippen LogP contribution in [0.25, 0.3) is 0 Å². The summed E-state index contributed by atoms with van der Waals surface area (Å²) < 4.78 is 5.11. The highest BCUT2D eigenvalue weighted by molar-refractivity contribution is 6.00. The van der Waals surface area contributed by atoms with Crippen LogP contribution in [0, 0.1) is 0 Å². The summed E-state index contributed by atoms with van der Waals surface area (Å²) in [4.78, 5) is 52.6. The van der Waals surface area contributed by atoms with Crippen molar-refractivity contribution in [2.75, 3.05) is 7.05 Å². The van der Waals surface area contributed by atoms with E-state index in [-0.39, 0.29) is 24.2 Å². The first-order valence-corrected chi connectivity index (χ1v) is 10.3. The van der Waals surface area contributed by atoms with Crippen molar-refractivity contribution in [2.45, 2.75) is 45.4 Å². The van der Waals surface area contributed by atoms with Crippen LogP contribution in [0.15, 0.2) is 48.5 Å². The summed E-state index contributed by atoms with van der Waals surface area (Å²) >= 11 is 0. The fourth-order valence-electron chi connectivity index (χ4n) is 2.85. The van der Waals surface area contributed by atoms with Gasteiger partial charge in [0.15, 0.2) is 6.29 Å². The maximum atomic E-state index is 12.5. The van der Waals surface area contributed by atoms with Crippen LogP contribution in [0.2, 0.25) is 0 Å². The van der Waals surface area contributed by atoms with Gasteiger partial charge in [0, 0.05) is 19.0 Å². The lowest BCUT2D eigenvalue weighted by atomic mass is 10.0. The Labute approximate surface area is 192 Å². The second-order valence-electron chi connectivity index (χ2n) is 8.34. The Kier molecular flexibility index (Phi) is 8.70. The van der Waals surface area contributed by atoms with E-state index >= 15 is 0 Å². The van der Waals surface area contributed by atoms with Crippen molar-refractivity contribution >= 4 is 24.3 Å². The zero-order valence-electron chi connectivity index (χ0n) is 19.0. The highest BCUT2D eigenvalue weighted by atomic mass is 16.7. The third kappa shape index (κ3) is 8.04. The molecule has 1 unspecified atom stereocenters. The van der Waals surface area contributed by atoms with Crippen molar-refractivity contribution in [1.29, 1.82) is 0 Å². The Bertz CT molecular complexity index is 997. The molecule has 2 rings (SSSR count). The molecule has 2 N–H and O–H groups in total. The number of benzene rings is 2. The van der Waals surface area contributed by atoms with E-state index in [1.165, 1.54) is 7.05 Å². The minimum Gasteiger partial charge on any atom is -0.480 e. The van der Waals surface area contributed by atoms with Crippen molar-refractivity contribution in [2.24, 2.45) is 0 Å². The van der Waals surface area contributed by atoms with Gasteiger partial charge in [-0.2, -0.15) is 0 Å². The molecule has 0 saturated heterocycles. The number of nitrogens with zero attached hydrogens (tertiary/aromatic N) is 1. The predicted molar refractivity (Wildman–Crippen MR) is 120 cm³/mol. The molecule has 0 aromatic heterocycles. The number of aldehydes is 1. The molecule has 0 aliphatic heterocycles. The van der Waals surface area contributed by atoms with Gasteiger partial charge in [0.05, 0.1) is 5.56 Å². The summed E-state index contributed by atoms with van der Waals surface area (Å²) in [6, 6.07) is 12.2. The number of nitrogens with one attached hydrogen (secondary N) is 1. The van der Waals surface area contributed by atoms with Gasteiger partial charge in [-0.1, -0.05) is 42.5 Å². The molecule has 0 radical (unpaired) electrons. The number of aliphatic carboxylic acids is 1. The second kappa shape index (κ2) is 11.2. The number of hydrogen-bond acceptors (Lipinski definition) is 6. The summed E-state index contributed by atoms with van der Waals surface area (Å²) in [6.45, 7) is 5.16. The number of alkyl carbamates (subject to hydrolysis) is 1. The molecule has 2 aromatic rings. The second-order valence-corrected chi connectivity index (χ2v) is 8.34. The lowest BCUT2D eigenvalue weighted by Gasteiger charge is -2.22. The molecule has 0 aliphatic carbocycles. The van der Waals surface area contributed by atoms with E-state index in [4.69, 9.17) is 9.57 Å². The molecule has 0 bridgehead atoms. The molecule has 9 nitrogen and oxygen atoms in total. The number of carboxylic acids is 1. The lowest BCUT2D eigenvalue weighted by Crippen LogP contribution is -2.44. The van der Waals surface area contributed by atoms with Crippen LogP contribution in [-0.4, -0.2) is 53.1 Å². The largest absolute Gasteiger partial charge is 0.480 e. The van der Waals surface area contributed by atoms with Gasteiger partial charge in [-0.05, 0) is 38.0 Å². The Morgan fingerprint density at radius 2 is 1.67 bits per heavy atom. The van der Waals surface area contributed by atoms with E-state index in [0.29, 0.717) is 11.8 Å². The fourth-order valence-corrected chi connectivity index (χ4v) is 2.85. The molecule has 9 heteroatoms. The topological polar surface area (TPSA) is 122 Å². The number of carbonyl (C=O) groups excluding carboxylic acids is 3. The number of carbonyl (C=O) groups is 4. The van der Waals surface area contributed by atoms with Crippen LogP contribution in [0.3, 0.4) is 0 Å². The van der Waals surface area contributed by atoms with Crippen molar-refractivity contribution in [3.63, 3.8) is 0 Å². The summed E-state index contributed by atoms with van der Waals surface area (Å²) in [5.41, 5.74) is 1.21. The van der Waals surface area contributed by atoms with Gasteiger partial charge < -0.3 is 15.2 Å². The van der Waals surface area contributed by atoms with Gasteiger partial charge in [-0.3, -0.25) is 14.4 Å². The summed E-state index contributed by atoms with van der Waals surface area (Å²) in [5.74, 6) is -1.63. The fraction of sp³-hybridized carbons (Fsp3) is 0.333. The van der Waals surface area contributed by atoms with Gasteiger partial charge in [0.1, 0.15) is 18.2 Å². The maximum absolute atomic E-state index is 12.5. The molecule has 2 amide bonds. The van der Waals surface area contributed by atoms with Gasteiger partial charge in [0.25, 0.3) is 5.91 Å². The summed E-state index contributed by atoms with van der Waals surface area (Å²) in [7, 11) is 1.46. The van der Waals surface area contributed by atoms with Gasteiger partial charge in [-0.15, -0.1) is 0 Å². The third-order valence-corrected chi connectivity index (χ3v) is 4.48. The predicted octanol–water partition coefficient (Wildman–Crippen LogP) is 3.22. The van der Waals surface area contributed by atoms with Crippen LogP contribution >= 0.6 is 0 Å². The molecule has 0 saturated carbocycles. The monoisotopic (exact) mass is 456 g/mol. The van der Waals surface area contributed by atoms with E-state index in [2.05, 4.69) is 5.32 Å². The average Bonchev–Trinajstić information content (AvgIpc) is 2.76. The summed E-state index contributed by atoms with van der Waals surface area (Å²) in [6.07, 6.45) is -0.123. The van der Waals surface area contributed by atoms with Crippen LogP contribution in [0.1, 0.15) is 52.6 Å². The first-order valence-electron chi connectivity index (χ1n) is 10.3. The van der Waals surface area contributed by atoms with Crippen LogP contribution in [0.5, 0.6) is 0 Å². The molecular weight excluding hydrogens is 428 g/mol. The summed E-state index contributed by atoms with van der Waals surface area (Å²) in [5, 5.41) is 12.8. The minimum atomic E-state index is -1.18. The first kappa shape index (κ1) is 25.5. The van der Waals surface area contributed by atoms with Crippen molar-refractivity contribution in [1.82, 2.24) is 10.4 Å². The number of amides is 2. The van der Waals surface area contributed by atoms with E-state index in [1.807, 2.05) is 0 Å². The lowest BCUT2D eigenvalue weighted by molar-refractivity contribution is -0.139. The highest BCUT2D eigenvalue weighted by Gasteiger charge is 2.24. The van der Waals surface area contributed by atoms with E-state index < -0.39 is 29.6 Å². The van der Waals surface area contributed by atoms with E-state index in [0.717, 1.165) is 10.6 Å². The molecule has 33 heavy (non-hydrogen) atoms. The molecule has 2 aromatic carbocycles. The molecule has 1 atom stereocenters. The maximum Gasteiger partial charge on any atom is 0.408 e. The Morgan fingerprint density at radius 1 is 1.06 bits per heavy atom. The molecule has 0 spiro atoms. The zero-order valence-corrected chi connectivity index (χ0v) is 19.0. The average molecular weight is 456 g/mol. The first-order chi connectivity index (χ1) is 15.5. The number of hydrogen-bond donors (Lipinski definition) is 2. The zero-order chi connectivity index (χ0) is 24.6. The van der Waals surface area contributed by atoms with E-state index in [9.17, 15) is 24.3 Å². The number of ether oxygens (including phenoxy) is 1. The molecular formula is C24H28N2O7. The van der Waals surface area contributed by atoms with Gasteiger partial charge in [-0.25, -0.2) is 14.7 Å². The minimum absolute atomic E-state index is 0.0661. The standard InChI is InChI=1S/C24H28N2O7/c1-24(2,3)33-23(31)25-20(22(29)30)13-16-9-11-17(12-10-16)15-32-26(4)21(28)19-8-6-5-7-18(19)14-27/h5-12,14,20H,13,15H2,1-4H3,(H,25,31)(H,29,30). The quantitative estimate of drug-likeness (QED) is 0.439. The van der Waals surface area contributed by atoms with Gasteiger partial charge >= 0.3 is 12.1 Å². The van der Waals surface area contributed by atoms with Crippen LogP contribution in [-0.2, 0) is 27.4 Å². The highest BCUT2D eigenvalue weighted by Crippen LogP contribution is 2.13. The molecule has 0 aliphatic rings. The Balaban J connectivity index is 1.94. The normalized spacial score (nSPS) is 11.9. The number of rotatable bonds is 9. The van der Waals surface area contributed by atoms with Gasteiger partial charge in [0.2, 0.25) is 0 Å². The van der Waals surface area contributed by atoms with Crippen LogP contribution < -0.4 is 5.32 Å². The molecule has 0 heterocycles. The van der Waals surface area contributed by atoms with Crippen molar-refractivity contribution in [3.05, 3.63) is 70.8 Å². The third-order valence-electron chi connectivity index (χ3n) is 4.48. The van der Waals surface area contributed by atoms with E-state index in [1.54, 1.807) is 69.3 Å². The SMILES string of the molecule is CN(OCc1ccc(CC(NC(=O)OC(C)(C)C)C(=O)O)cc1)C(=O)c1ccccc1C=O. The Hall–Kier alpha value is -3.72. The smallest absolute Gasteiger partial charge is 0.408 e. The molecule has 176 valence electrons. The van der Waals surface area contributed by atoms with Crippen LogP contribution in [0.4, 0.5) is 4.79 Å². The number of carboxylic acid groups (broad SMARTS) is 1.